The lowest BCUT2D eigenvalue weighted by atomic mass is 10.1. The van der Waals surface area contributed by atoms with E-state index in [9.17, 15) is 5.11 Å². The molecule has 0 fully saturated rings. The highest BCUT2D eigenvalue weighted by Gasteiger charge is 2.24. The second kappa shape index (κ2) is 3.14. The van der Waals surface area contributed by atoms with Crippen LogP contribution >= 0.6 is 0 Å². The first kappa shape index (κ1) is 10.3. The number of aromatic nitrogens is 1. The fourth-order valence-electron chi connectivity index (χ4n) is 1.21. The van der Waals surface area contributed by atoms with Crippen molar-refractivity contribution >= 4 is 0 Å². The van der Waals surface area contributed by atoms with Crippen molar-refractivity contribution in [1.29, 1.82) is 0 Å². The summed E-state index contributed by atoms with van der Waals surface area (Å²) >= 11 is 0. The van der Waals surface area contributed by atoms with Gasteiger partial charge in [-0.25, -0.2) is 4.98 Å². The van der Waals surface area contributed by atoms with Crippen molar-refractivity contribution in [2.24, 2.45) is 0 Å². The summed E-state index contributed by atoms with van der Waals surface area (Å²) in [4.78, 5) is 4.19. The molecule has 0 aliphatic heterocycles. The second-order valence-corrected chi connectivity index (χ2v) is 4.18. The smallest absolute Gasteiger partial charge is 0.226 e. The van der Waals surface area contributed by atoms with Gasteiger partial charge in [0.1, 0.15) is 11.4 Å². The zero-order valence-electron chi connectivity index (χ0n) is 8.88. The molecule has 0 bridgehead atoms. The summed E-state index contributed by atoms with van der Waals surface area (Å²) in [5.41, 5.74) is -0.120. The zero-order chi connectivity index (χ0) is 10.2. The molecular formula is C10H17NO2. The number of nitrogens with zero attached hydrogens (tertiary/aromatic N) is 1. The number of oxazole rings is 1. The number of aryl methyl sites for hydroxylation is 1. The lowest BCUT2D eigenvalue weighted by Gasteiger charge is -2.11. The summed E-state index contributed by atoms with van der Waals surface area (Å²) in [5.74, 6) is 1.56. The molecule has 1 heterocycles. The number of rotatable bonds is 2. The van der Waals surface area contributed by atoms with Gasteiger partial charge in [0, 0.05) is 5.92 Å². The van der Waals surface area contributed by atoms with Crippen molar-refractivity contribution < 1.29 is 9.52 Å². The normalized spacial score (nSPS) is 12.5. The van der Waals surface area contributed by atoms with Gasteiger partial charge in [-0.05, 0) is 20.8 Å². The number of aliphatic hydroxyl groups is 1. The van der Waals surface area contributed by atoms with Gasteiger partial charge in [-0.3, -0.25) is 0 Å². The van der Waals surface area contributed by atoms with E-state index in [-0.39, 0.29) is 0 Å². The van der Waals surface area contributed by atoms with Crippen LogP contribution in [0.1, 0.15) is 51.0 Å². The van der Waals surface area contributed by atoms with E-state index in [4.69, 9.17) is 4.42 Å². The lowest BCUT2D eigenvalue weighted by molar-refractivity contribution is 0.0468. The van der Waals surface area contributed by atoms with Gasteiger partial charge in [-0.1, -0.05) is 13.8 Å². The molecule has 13 heavy (non-hydrogen) atoms. The molecular weight excluding hydrogens is 166 g/mol. The predicted molar refractivity (Wildman–Crippen MR) is 50.6 cm³/mol. The summed E-state index contributed by atoms with van der Waals surface area (Å²) < 4.78 is 5.48. The third kappa shape index (κ3) is 2.10. The monoisotopic (exact) mass is 183 g/mol. The Morgan fingerprint density at radius 2 is 1.92 bits per heavy atom. The van der Waals surface area contributed by atoms with Gasteiger partial charge in [-0.15, -0.1) is 0 Å². The average molecular weight is 183 g/mol. The predicted octanol–water partition coefficient (Wildman–Crippen LogP) is 2.33. The SMILES string of the molecule is Cc1nc(C(C)(C)O)oc1C(C)C. The third-order valence-corrected chi connectivity index (χ3v) is 1.88. The Balaban J connectivity index is 3.10. The molecule has 74 valence electrons. The van der Waals surface area contributed by atoms with Crippen molar-refractivity contribution in [2.75, 3.05) is 0 Å². The van der Waals surface area contributed by atoms with Crippen LogP contribution < -0.4 is 0 Å². The summed E-state index contributed by atoms with van der Waals surface area (Å²) in [7, 11) is 0. The molecule has 0 amide bonds. The molecule has 0 spiro atoms. The van der Waals surface area contributed by atoms with Crippen molar-refractivity contribution in [3.8, 4) is 0 Å². The van der Waals surface area contributed by atoms with Crippen molar-refractivity contribution in [2.45, 2.75) is 46.1 Å². The largest absolute Gasteiger partial charge is 0.442 e. The Labute approximate surface area is 78.8 Å². The van der Waals surface area contributed by atoms with Crippen LogP contribution in [-0.2, 0) is 5.60 Å². The van der Waals surface area contributed by atoms with E-state index < -0.39 is 5.60 Å². The van der Waals surface area contributed by atoms with Crippen molar-refractivity contribution in [3.63, 3.8) is 0 Å². The molecule has 0 saturated heterocycles. The highest BCUT2D eigenvalue weighted by molar-refractivity contribution is 5.13. The van der Waals surface area contributed by atoms with E-state index in [1.807, 2.05) is 20.8 Å². The molecule has 0 atom stereocenters. The molecule has 0 radical (unpaired) electrons. The molecule has 0 aliphatic rings. The number of hydrogen-bond donors (Lipinski definition) is 1. The van der Waals surface area contributed by atoms with Crippen LogP contribution in [0.5, 0.6) is 0 Å². The van der Waals surface area contributed by atoms with E-state index in [0.717, 1.165) is 11.5 Å². The van der Waals surface area contributed by atoms with E-state index in [1.54, 1.807) is 13.8 Å². The molecule has 0 aliphatic carbocycles. The number of hydrogen-bond acceptors (Lipinski definition) is 3. The van der Waals surface area contributed by atoms with Gasteiger partial charge in [0.2, 0.25) is 5.89 Å². The Morgan fingerprint density at radius 1 is 1.38 bits per heavy atom. The van der Waals surface area contributed by atoms with Crippen LogP contribution in [0.2, 0.25) is 0 Å². The summed E-state index contributed by atoms with van der Waals surface area (Å²) in [6, 6.07) is 0. The molecule has 1 rings (SSSR count). The standard InChI is InChI=1S/C10H17NO2/c1-6(2)8-7(3)11-9(13-8)10(4,5)12/h6,12H,1-5H3. The zero-order valence-corrected chi connectivity index (χ0v) is 8.88. The minimum Gasteiger partial charge on any atom is -0.442 e. The van der Waals surface area contributed by atoms with Gasteiger partial charge >= 0.3 is 0 Å². The molecule has 1 N–H and O–H groups in total. The lowest BCUT2D eigenvalue weighted by Crippen LogP contribution is -2.15. The molecule has 1 aromatic heterocycles. The molecule has 3 heteroatoms. The fraction of sp³-hybridized carbons (Fsp3) is 0.700. The van der Waals surface area contributed by atoms with Gasteiger partial charge in [-0.2, -0.15) is 0 Å². The van der Waals surface area contributed by atoms with Crippen LogP contribution in [0.15, 0.2) is 4.42 Å². The van der Waals surface area contributed by atoms with E-state index in [0.29, 0.717) is 11.8 Å². The second-order valence-electron chi connectivity index (χ2n) is 4.18. The van der Waals surface area contributed by atoms with Crippen molar-refractivity contribution in [3.05, 3.63) is 17.3 Å². The minimum atomic E-state index is -0.988. The van der Waals surface area contributed by atoms with Gasteiger partial charge in [0.25, 0.3) is 0 Å². The maximum absolute atomic E-state index is 9.65. The average Bonchev–Trinajstić information content (AvgIpc) is 2.29. The highest BCUT2D eigenvalue weighted by Crippen LogP contribution is 2.25. The third-order valence-electron chi connectivity index (χ3n) is 1.88. The van der Waals surface area contributed by atoms with Gasteiger partial charge in [0.15, 0.2) is 0 Å². The topological polar surface area (TPSA) is 46.3 Å². The summed E-state index contributed by atoms with van der Waals surface area (Å²) in [5, 5.41) is 9.65. The Hall–Kier alpha value is -0.830. The fourth-order valence-corrected chi connectivity index (χ4v) is 1.21. The van der Waals surface area contributed by atoms with E-state index in [1.165, 1.54) is 0 Å². The van der Waals surface area contributed by atoms with Crippen LogP contribution in [0, 0.1) is 6.92 Å². The molecule has 3 nitrogen and oxygen atoms in total. The molecule has 0 saturated carbocycles. The maximum Gasteiger partial charge on any atom is 0.226 e. The first-order valence-electron chi connectivity index (χ1n) is 4.52. The van der Waals surface area contributed by atoms with Crippen LogP contribution in [0.3, 0.4) is 0 Å². The Morgan fingerprint density at radius 3 is 2.15 bits per heavy atom. The van der Waals surface area contributed by atoms with Gasteiger partial charge < -0.3 is 9.52 Å². The van der Waals surface area contributed by atoms with Crippen molar-refractivity contribution in [1.82, 2.24) is 4.98 Å². The highest BCUT2D eigenvalue weighted by atomic mass is 16.4. The van der Waals surface area contributed by atoms with Crippen LogP contribution in [0.4, 0.5) is 0 Å². The molecule has 0 aromatic carbocycles. The van der Waals surface area contributed by atoms with Crippen LogP contribution in [-0.4, -0.2) is 10.1 Å². The quantitative estimate of drug-likeness (QED) is 0.765. The summed E-state index contributed by atoms with van der Waals surface area (Å²) in [6.45, 7) is 9.32. The molecule has 1 aromatic rings. The van der Waals surface area contributed by atoms with Gasteiger partial charge in [0.05, 0.1) is 5.69 Å². The Kier molecular flexibility index (Phi) is 2.48. The summed E-state index contributed by atoms with van der Waals surface area (Å²) in [6.07, 6.45) is 0. The van der Waals surface area contributed by atoms with E-state index >= 15 is 0 Å². The Bertz CT molecular complexity index is 294. The molecule has 0 unspecified atom stereocenters. The maximum atomic E-state index is 9.65. The first-order valence-corrected chi connectivity index (χ1v) is 4.52. The first-order chi connectivity index (χ1) is 5.82. The van der Waals surface area contributed by atoms with E-state index in [2.05, 4.69) is 4.98 Å². The van der Waals surface area contributed by atoms with Crippen LogP contribution in [0.25, 0.3) is 0 Å². The minimum absolute atomic E-state index is 0.309.